The molecular formula is C14H22N2O2. The van der Waals surface area contributed by atoms with Gasteiger partial charge in [-0.25, -0.2) is 0 Å². The van der Waals surface area contributed by atoms with Gasteiger partial charge in [-0.15, -0.1) is 0 Å². The molecule has 4 heteroatoms. The van der Waals surface area contributed by atoms with Crippen molar-refractivity contribution in [2.75, 3.05) is 18.0 Å². The van der Waals surface area contributed by atoms with Crippen LogP contribution >= 0.6 is 0 Å². The van der Waals surface area contributed by atoms with Crippen LogP contribution in [0.5, 0.6) is 0 Å². The zero-order chi connectivity index (χ0) is 13.2. The molecule has 1 saturated heterocycles. The summed E-state index contributed by atoms with van der Waals surface area (Å²) in [5.74, 6) is 0. The zero-order valence-corrected chi connectivity index (χ0v) is 11.1. The lowest BCUT2D eigenvalue weighted by Gasteiger charge is -2.37. The van der Waals surface area contributed by atoms with E-state index < -0.39 is 11.7 Å². The molecule has 0 bridgehead atoms. The minimum absolute atomic E-state index is 0.471. The molecule has 0 spiro atoms. The summed E-state index contributed by atoms with van der Waals surface area (Å²) < 4.78 is 0. The van der Waals surface area contributed by atoms with Crippen molar-refractivity contribution in [1.82, 2.24) is 4.98 Å². The van der Waals surface area contributed by atoms with E-state index in [1.54, 1.807) is 0 Å². The lowest BCUT2D eigenvalue weighted by atomic mass is 9.93. The summed E-state index contributed by atoms with van der Waals surface area (Å²) >= 11 is 0. The van der Waals surface area contributed by atoms with Gasteiger partial charge in [0.25, 0.3) is 0 Å². The highest BCUT2D eigenvalue weighted by Crippen LogP contribution is 2.26. The molecule has 0 aliphatic carbocycles. The summed E-state index contributed by atoms with van der Waals surface area (Å²) in [4.78, 5) is 6.54. The average molecular weight is 250 g/mol. The highest BCUT2D eigenvalue weighted by molar-refractivity contribution is 5.45. The maximum absolute atomic E-state index is 9.91. The lowest BCUT2D eigenvalue weighted by Crippen LogP contribution is -2.42. The van der Waals surface area contributed by atoms with E-state index in [2.05, 4.69) is 9.88 Å². The highest BCUT2D eigenvalue weighted by atomic mass is 16.3. The van der Waals surface area contributed by atoms with Gasteiger partial charge in [-0.1, -0.05) is 6.92 Å². The fraction of sp³-hybridized carbons (Fsp3) is 0.643. The third kappa shape index (κ3) is 3.00. The Morgan fingerprint density at radius 3 is 2.56 bits per heavy atom. The van der Waals surface area contributed by atoms with E-state index in [0.717, 1.165) is 37.3 Å². The van der Waals surface area contributed by atoms with E-state index in [1.807, 2.05) is 32.2 Å². The molecule has 1 atom stereocenters. The number of hydrogen-bond acceptors (Lipinski definition) is 4. The number of aliphatic hydroxyl groups is 2. The van der Waals surface area contributed by atoms with Gasteiger partial charge in [0.15, 0.2) is 0 Å². The molecule has 1 aromatic rings. The molecule has 18 heavy (non-hydrogen) atoms. The number of anilines is 1. The zero-order valence-electron chi connectivity index (χ0n) is 11.1. The van der Waals surface area contributed by atoms with Gasteiger partial charge in [-0.05, 0) is 38.3 Å². The monoisotopic (exact) mass is 250 g/mol. The van der Waals surface area contributed by atoms with Crippen LogP contribution < -0.4 is 4.90 Å². The molecule has 1 unspecified atom stereocenters. The summed E-state index contributed by atoms with van der Waals surface area (Å²) in [6.07, 6.45) is 3.59. The number of pyridine rings is 1. The Labute approximate surface area is 108 Å². The van der Waals surface area contributed by atoms with Gasteiger partial charge in [0.1, 0.15) is 0 Å². The van der Waals surface area contributed by atoms with Crippen molar-refractivity contribution in [2.45, 2.75) is 44.8 Å². The van der Waals surface area contributed by atoms with E-state index in [1.165, 1.54) is 0 Å². The summed E-state index contributed by atoms with van der Waals surface area (Å²) in [7, 11) is 0. The van der Waals surface area contributed by atoms with Crippen molar-refractivity contribution in [1.29, 1.82) is 0 Å². The van der Waals surface area contributed by atoms with Crippen LogP contribution in [0.3, 0.4) is 0 Å². The van der Waals surface area contributed by atoms with E-state index in [0.29, 0.717) is 6.42 Å². The molecule has 0 radical (unpaired) electrons. The molecule has 0 saturated carbocycles. The first kappa shape index (κ1) is 13.3. The minimum Gasteiger partial charge on any atom is -0.390 e. The number of aromatic nitrogens is 1. The van der Waals surface area contributed by atoms with E-state index in [4.69, 9.17) is 0 Å². The van der Waals surface area contributed by atoms with E-state index in [-0.39, 0.29) is 0 Å². The second-order valence-corrected chi connectivity index (χ2v) is 5.35. The first-order valence-electron chi connectivity index (χ1n) is 6.63. The summed E-state index contributed by atoms with van der Waals surface area (Å²) in [6.45, 7) is 5.53. The predicted octanol–water partition coefficient (Wildman–Crippen LogP) is 1.88. The SMILES string of the molecule is CCC(O)c1ccc(N2CCC(C)(O)CC2)cn1. The second-order valence-electron chi connectivity index (χ2n) is 5.35. The van der Waals surface area contributed by atoms with Gasteiger partial charge in [0, 0.05) is 13.1 Å². The Kier molecular flexibility index (Phi) is 3.88. The van der Waals surface area contributed by atoms with Crippen LogP contribution in [0.25, 0.3) is 0 Å². The van der Waals surface area contributed by atoms with Crippen molar-refractivity contribution in [2.24, 2.45) is 0 Å². The second kappa shape index (κ2) is 5.24. The first-order valence-corrected chi connectivity index (χ1v) is 6.63. The lowest BCUT2D eigenvalue weighted by molar-refractivity contribution is 0.0351. The standard InChI is InChI=1S/C14H22N2O2/c1-3-13(17)12-5-4-11(10-15-12)16-8-6-14(2,18)7-9-16/h4-5,10,13,17-18H,3,6-9H2,1-2H3. The normalized spacial score (nSPS) is 20.8. The van der Waals surface area contributed by atoms with Gasteiger partial charge < -0.3 is 15.1 Å². The maximum Gasteiger partial charge on any atom is 0.0957 e. The molecule has 1 aromatic heterocycles. The van der Waals surface area contributed by atoms with Crippen LogP contribution in [0.1, 0.15) is 44.9 Å². The predicted molar refractivity (Wildman–Crippen MR) is 71.6 cm³/mol. The topological polar surface area (TPSA) is 56.6 Å². The van der Waals surface area contributed by atoms with Gasteiger partial charge in [0.05, 0.1) is 29.3 Å². The van der Waals surface area contributed by atoms with Crippen molar-refractivity contribution >= 4 is 5.69 Å². The number of aliphatic hydroxyl groups excluding tert-OH is 1. The largest absolute Gasteiger partial charge is 0.390 e. The van der Waals surface area contributed by atoms with Crippen LogP contribution in [0.2, 0.25) is 0 Å². The number of hydrogen-bond donors (Lipinski definition) is 2. The molecule has 100 valence electrons. The highest BCUT2D eigenvalue weighted by Gasteiger charge is 2.27. The number of piperidine rings is 1. The van der Waals surface area contributed by atoms with Gasteiger partial charge >= 0.3 is 0 Å². The van der Waals surface area contributed by atoms with Crippen LogP contribution in [-0.2, 0) is 0 Å². The third-order valence-corrected chi connectivity index (χ3v) is 3.70. The fourth-order valence-corrected chi connectivity index (χ4v) is 2.24. The van der Waals surface area contributed by atoms with Gasteiger partial charge in [-0.3, -0.25) is 4.98 Å². The third-order valence-electron chi connectivity index (χ3n) is 3.70. The smallest absolute Gasteiger partial charge is 0.0957 e. The van der Waals surface area contributed by atoms with Crippen molar-refractivity contribution in [3.8, 4) is 0 Å². The van der Waals surface area contributed by atoms with Crippen LogP contribution in [0.4, 0.5) is 5.69 Å². The molecule has 2 rings (SSSR count). The molecule has 1 aliphatic rings. The summed E-state index contributed by atoms with van der Waals surface area (Å²) in [6, 6.07) is 3.89. The number of rotatable bonds is 3. The molecular weight excluding hydrogens is 228 g/mol. The van der Waals surface area contributed by atoms with Gasteiger partial charge in [0.2, 0.25) is 0 Å². The number of nitrogens with zero attached hydrogens (tertiary/aromatic N) is 2. The average Bonchev–Trinajstić information content (AvgIpc) is 2.38. The van der Waals surface area contributed by atoms with Crippen molar-refractivity contribution in [3.05, 3.63) is 24.0 Å². The molecule has 4 nitrogen and oxygen atoms in total. The maximum atomic E-state index is 9.91. The molecule has 0 amide bonds. The van der Waals surface area contributed by atoms with Crippen LogP contribution in [0.15, 0.2) is 18.3 Å². The van der Waals surface area contributed by atoms with Crippen LogP contribution in [-0.4, -0.2) is 33.9 Å². The Morgan fingerprint density at radius 2 is 2.06 bits per heavy atom. The van der Waals surface area contributed by atoms with Crippen molar-refractivity contribution < 1.29 is 10.2 Å². The minimum atomic E-state index is -0.526. The van der Waals surface area contributed by atoms with Gasteiger partial charge in [-0.2, -0.15) is 0 Å². The summed E-state index contributed by atoms with van der Waals surface area (Å²) in [5, 5.41) is 19.6. The van der Waals surface area contributed by atoms with Crippen molar-refractivity contribution in [3.63, 3.8) is 0 Å². The Morgan fingerprint density at radius 1 is 1.39 bits per heavy atom. The Hall–Kier alpha value is -1.13. The van der Waals surface area contributed by atoms with E-state index >= 15 is 0 Å². The molecule has 1 aliphatic heterocycles. The van der Waals surface area contributed by atoms with E-state index in [9.17, 15) is 10.2 Å². The Bertz CT molecular complexity index is 379. The summed E-state index contributed by atoms with van der Waals surface area (Å²) in [5.41, 5.74) is 1.27. The first-order chi connectivity index (χ1) is 8.52. The molecule has 0 aromatic carbocycles. The van der Waals surface area contributed by atoms with Crippen LogP contribution in [0, 0.1) is 0 Å². The fourth-order valence-electron chi connectivity index (χ4n) is 2.24. The Balaban J connectivity index is 2.02. The molecule has 2 N–H and O–H groups in total. The molecule has 1 fully saturated rings. The molecule has 2 heterocycles. The quantitative estimate of drug-likeness (QED) is 0.860.